The van der Waals surface area contributed by atoms with Crippen LogP contribution in [-0.2, 0) is 10.1 Å². The second-order valence-electron chi connectivity index (χ2n) is 5.84. The van der Waals surface area contributed by atoms with Gasteiger partial charge in [0.2, 0.25) is 0 Å². The third-order valence-electron chi connectivity index (χ3n) is 4.12. The molecule has 2 aromatic rings. The summed E-state index contributed by atoms with van der Waals surface area (Å²) in [5, 5.41) is 0. The van der Waals surface area contributed by atoms with Gasteiger partial charge in [0.1, 0.15) is 10.1 Å². The molecule has 0 N–H and O–H groups in total. The SMILES string of the molecule is CCCCCCC(c1ccccc1)c1ccc(S(=O)(=O)[O-])cc1.[Na+]. The summed E-state index contributed by atoms with van der Waals surface area (Å²) in [5.74, 6) is 0.233. The Labute approximate surface area is 167 Å². The summed E-state index contributed by atoms with van der Waals surface area (Å²) in [6.45, 7) is 2.19. The number of rotatable bonds is 8. The number of hydrogen-bond donors (Lipinski definition) is 0. The monoisotopic (exact) mass is 354 g/mol. The quantitative estimate of drug-likeness (QED) is 0.412. The minimum Gasteiger partial charge on any atom is -0.744 e. The molecule has 24 heavy (non-hydrogen) atoms. The van der Waals surface area contributed by atoms with Gasteiger partial charge in [-0.1, -0.05) is 75.1 Å². The zero-order valence-electron chi connectivity index (χ0n) is 14.4. The molecule has 0 bridgehead atoms. The molecule has 0 fully saturated rings. The van der Waals surface area contributed by atoms with Crippen LogP contribution in [0.15, 0.2) is 59.5 Å². The van der Waals surface area contributed by atoms with Crippen molar-refractivity contribution in [1.29, 1.82) is 0 Å². The summed E-state index contributed by atoms with van der Waals surface area (Å²) in [4.78, 5) is -0.168. The van der Waals surface area contributed by atoms with Gasteiger partial charge in [-0.3, -0.25) is 0 Å². The van der Waals surface area contributed by atoms with Gasteiger partial charge in [-0.2, -0.15) is 0 Å². The Bertz CT molecular complexity index is 697. The first-order chi connectivity index (χ1) is 11.0. The van der Waals surface area contributed by atoms with Crippen LogP contribution in [0.4, 0.5) is 0 Å². The van der Waals surface area contributed by atoms with Crippen molar-refractivity contribution in [1.82, 2.24) is 0 Å². The summed E-state index contributed by atoms with van der Waals surface area (Å²) in [5.41, 5.74) is 2.28. The molecule has 0 amide bonds. The molecule has 0 heterocycles. The molecule has 5 heteroatoms. The van der Waals surface area contributed by atoms with Crippen LogP contribution < -0.4 is 29.6 Å². The van der Waals surface area contributed by atoms with Crippen LogP contribution in [0, 0.1) is 0 Å². The molecule has 1 atom stereocenters. The molecule has 0 spiro atoms. The smallest absolute Gasteiger partial charge is 0.744 e. The molecule has 0 saturated heterocycles. The van der Waals surface area contributed by atoms with E-state index in [1.54, 1.807) is 12.1 Å². The Morgan fingerprint density at radius 1 is 0.875 bits per heavy atom. The third-order valence-corrected chi connectivity index (χ3v) is 4.97. The maximum atomic E-state index is 11.1. The van der Waals surface area contributed by atoms with Crippen LogP contribution in [-0.4, -0.2) is 13.0 Å². The van der Waals surface area contributed by atoms with Crippen LogP contribution >= 0.6 is 0 Å². The molecule has 0 aromatic heterocycles. The van der Waals surface area contributed by atoms with E-state index in [0.717, 1.165) is 18.4 Å². The van der Waals surface area contributed by atoms with E-state index in [2.05, 4.69) is 19.1 Å². The fourth-order valence-corrected chi connectivity index (χ4v) is 3.32. The first-order valence-electron chi connectivity index (χ1n) is 8.13. The zero-order valence-corrected chi connectivity index (χ0v) is 17.3. The Morgan fingerprint density at radius 2 is 1.46 bits per heavy atom. The predicted octanol–water partition coefficient (Wildman–Crippen LogP) is 1.70. The van der Waals surface area contributed by atoms with Crippen molar-refractivity contribution in [2.45, 2.75) is 49.8 Å². The van der Waals surface area contributed by atoms with Gasteiger partial charge in [0, 0.05) is 5.92 Å². The Balaban J connectivity index is 0.00000288. The summed E-state index contributed by atoms with van der Waals surface area (Å²) < 4.78 is 33.2. The van der Waals surface area contributed by atoms with E-state index in [1.807, 2.05) is 18.2 Å². The fraction of sp³-hybridized carbons (Fsp3) is 0.368. The molecule has 0 radical (unpaired) electrons. The molecule has 2 aromatic carbocycles. The van der Waals surface area contributed by atoms with E-state index < -0.39 is 10.1 Å². The molecule has 124 valence electrons. The Hall–Kier alpha value is -0.650. The fourth-order valence-electron chi connectivity index (χ4n) is 2.85. The topological polar surface area (TPSA) is 57.2 Å². The van der Waals surface area contributed by atoms with Crippen molar-refractivity contribution < 1.29 is 42.5 Å². The third kappa shape index (κ3) is 6.34. The van der Waals surface area contributed by atoms with Gasteiger partial charge in [-0.15, -0.1) is 0 Å². The molecule has 0 saturated carbocycles. The molecule has 2 rings (SSSR count). The normalized spacial score (nSPS) is 12.4. The van der Waals surface area contributed by atoms with E-state index in [1.165, 1.54) is 37.0 Å². The van der Waals surface area contributed by atoms with Crippen LogP contribution in [0.2, 0.25) is 0 Å². The molecule has 0 aliphatic heterocycles. The maximum Gasteiger partial charge on any atom is 1.00 e. The number of unbranched alkanes of at least 4 members (excludes halogenated alkanes) is 3. The maximum absolute atomic E-state index is 11.1. The van der Waals surface area contributed by atoms with E-state index in [9.17, 15) is 13.0 Å². The summed E-state index contributed by atoms with van der Waals surface area (Å²) in [6.07, 6.45) is 5.79. The first kappa shape index (κ1) is 21.4. The summed E-state index contributed by atoms with van der Waals surface area (Å²) in [7, 11) is -4.38. The van der Waals surface area contributed by atoms with Crippen molar-refractivity contribution in [2.75, 3.05) is 0 Å². The average molecular weight is 354 g/mol. The van der Waals surface area contributed by atoms with Gasteiger partial charge >= 0.3 is 29.6 Å². The van der Waals surface area contributed by atoms with Crippen molar-refractivity contribution in [2.24, 2.45) is 0 Å². The van der Waals surface area contributed by atoms with Gasteiger partial charge in [0.25, 0.3) is 0 Å². The molecule has 0 aliphatic rings. The standard InChI is InChI=1S/C19H24O3S.Na/c1-2-3-4-8-11-19(16-9-6-5-7-10-16)17-12-14-18(15-13-17)23(20,21)22;/h5-7,9-10,12-15,19H,2-4,8,11H2,1H3,(H,20,21,22);/q;+1/p-1. The Kier molecular flexibility index (Phi) is 9.24. The molecule has 1 unspecified atom stereocenters. The van der Waals surface area contributed by atoms with Crippen LogP contribution in [0.25, 0.3) is 0 Å². The molecular weight excluding hydrogens is 331 g/mol. The second-order valence-corrected chi connectivity index (χ2v) is 7.22. The molecule has 3 nitrogen and oxygen atoms in total. The van der Waals surface area contributed by atoms with Gasteiger partial charge < -0.3 is 4.55 Å². The summed E-state index contributed by atoms with van der Waals surface area (Å²) >= 11 is 0. The predicted molar refractivity (Wildman–Crippen MR) is 91.4 cm³/mol. The largest absolute Gasteiger partial charge is 1.00 e. The van der Waals surface area contributed by atoms with Gasteiger partial charge in [0.15, 0.2) is 0 Å². The van der Waals surface area contributed by atoms with Crippen molar-refractivity contribution in [3.8, 4) is 0 Å². The van der Waals surface area contributed by atoms with Crippen molar-refractivity contribution >= 4 is 10.1 Å². The van der Waals surface area contributed by atoms with E-state index in [-0.39, 0.29) is 40.4 Å². The summed E-state index contributed by atoms with van der Waals surface area (Å²) in [6, 6.07) is 16.6. The van der Waals surface area contributed by atoms with Crippen LogP contribution in [0.5, 0.6) is 0 Å². The second kappa shape index (κ2) is 10.4. The number of benzene rings is 2. The average Bonchev–Trinajstić information content (AvgIpc) is 2.55. The minimum atomic E-state index is -4.38. The van der Waals surface area contributed by atoms with Crippen molar-refractivity contribution in [3.63, 3.8) is 0 Å². The van der Waals surface area contributed by atoms with E-state index in [4.69, 9.17) is 0 Å². The molecule has 0 aliphatic carbocycles. The number of hydrogen-bond acceptors (Lipinski definition) is 3. The van der Waals surface area contributed by atoms with Gasteiger partial charge in [0.05, 0.1) is 4.90 Å². The van der Waals surface area contributed by atoms with E-state index in [0.29, 0.717) is 0 Å². The van der Waals surface area contributed by atoms with Gasteiger partial charge in [-0.05, 0) is 29.7 Å². The Morgan fingerprint density at radius 3 is 2.00 bits per heavy atom. The van der Waals surface area contributed by atoms with Crippen molar-refractivity contribution in [3.05, 3.63) is 65.7 Å². The molecular formula is C19H23NaO3S. The minimum absolute atomic E-state index is 0. The van der Waals surface area contributed by atoms with Gasteiger partial charge in [-0.25, -0.2) is 8.42 Å². The van der Waals surface area contributed by atoms with E-state index >= 15 is 0 Å². The van der Waals surface area contributed by atoms with Crippen LogP contribution in [0.1, 0.15) is 56.1 Å². The first-order valence-corrected chi connectivity index (χ1v) is 9.54. The van der Waals surface area contributed by atoms with Crippen LogP contribution in [0.3, 0.4) is 0 Å². The zero-order chi connectivity index (χ0) is 16.7.